The summed E-state index contributed by atoms with van der Waals surface area (Å²) in [5, 5.41) is 21.6. The summed E-state index contributed by atoms with van der Waals surface area (Å²) in [5.41, 5.74) is 3.47. The molecule has 0 fully saturated rings. The number of guanidine groups is 1. The van der Waals surface area contributed by atoms with Gasteiger partial charge in [0.05, 0.1) is 11.7 Å². The maximum atomic E-state index is 7.95. The normalized spacial score (nSPS) is 10.6. The van der Waals surface area contributed by atoms with E-state index in [0.29, 0.717) is 5.95 Å². The highest BCUT2D eigenvalue weighted by Crippen LogP contribution is 2.16. The zero-order valence-corrected chi connectivity index (χ0v) is 11.7. The first-order chi connectivity index (χ1) is 10.1. The van der Waals surface area contributed by atoms with Crippen LogP contribution in [0.25, 0.3) is 10.9 Å². The highest BCUT2D eigenvalue weighted by Gasteiger charge is 2.04. The fourth-order valence-electron chi connectivity index (χ4n) is 2.09. The summed E-state index contributed by atoms with van der Waals surface area (Å²) < 4.78 is 0. The van der Waals surface area contributed by atoms with Crippen molar-refractivity contribution >= 4 is 28.5 Å². The molecule has 4 N–H and O–H groups in total. The Kier molecular flexibility index (Phi) is 3.23. The smallest absolute Gasteiger partial charge is 0.229 e. The largest absolute Gasteiger partial charge is 0.326 e. The molecule has 0 saturated heterocycles. The van der Waals surface area contributed by atoms with Crippen LogP contribution in [0.2, 0.25) is 0 Å². The first-order valence-corrected chi connectivity index (χ1v) is 6.48. The highest BCUT2D eigenvalue weighted by molar-refractivity contribution is 6.01. The van der Waals surface area contributed by atoms with Crippen molar-refractivity contribution in [3.8, 4) is 0 Å². The number of rotatable bonds is 2. The number of aromatic nitrogens is 4. The SMILES string of the molecule is Cc1cc(C)nc(NC(=N)Nc2ccc3[nH]ncc3c2)n1. The van der Waals surface area contributed by atoms with Gasteiger partial charge in [0.2, 0.25) is 5.95 Å². The maximum absolute atomic E-state index is 7.95. The summed E-state index contributed by atoms with van der Waals surface area (Å²) in [4.78, 5) is 8.48. The Bertz CT molecular complexity index is 786. The van der Waals surface area contributed by atoms with Gasteiger partial charge in [-0.1, -0.05) is 0 Å². The fourth-order valence-corrected chi connectivity index (χ4v) is 2.09. The number of H-pyrrole nitrogens is 1. The number of benzene rings is 1. The lowest BCUT2D eigenvalue weighted by atomic mass is 10.2. The predicted octanol–water partition coefficient (Wildman–Crippen LogP) is 2.43. The van der Waals surface area contributed by atoms with Crippen LogP contribution in [0.3, 0.4) is 0 Å². The van der Waals surface area contributed by atoms with Crippen LogP contribution in [-0.4, -0.2) is 26.1 Å². The number of anilines is 2. The van der Waals surface area contributed by atoms with Crippen molar-refractivity contribution in [3.05, 3.63) is 41.9 Å². The molecule has 3 aromatic rings. The average Bonchev–Trinajstić information content (AvgIpc) is 2.84. The minimum atomic E-state index is 0.114. The Morgan fingerprint density at radius 3 is 2.62 bits per heavy atom. The number of hydrogen-bond donors (Lipinski definition) is 4. The molecule has 3 rings (SSSR count). The number of nitrogens with zero attached hydrogens (tertiary/aromatic N) is 3. The molecular weight excluding hydrogens is 266 g/mol. The molecule has 0 aliphatic carbocycles. The Morgan fingerprint density at radius 2 is 1.86 bits per heavy atom. The van der Waals surface area contributed by atoms with Crippen LogP contribution >= 0.6 is 0 Å². The van der Waals surface area contributed by atoms with E-state index in [1.807, 2.05) is 38.1 Å². The summed E-state index contributed by atoms with van der Waals surface area (Å²) in [6, 6.07) is 7.58. The maximum Gasteiger partial charge on any atom is 0.229 e. The molecule has 7 nitrogen and oxygen atoms in total. The van der Waals surface area contributed by atoms with Gasteiger partial charge in [-0.25, -0.2) is 9.97 Å². The lowest BCUT2D eigenvalue weighted by Crippen LogP contribution is -2.22. The molecule has 7 heteroatoms. The zero-order valence-electron chi connectivity index (χ0n) is 11.7. The third-order valence-electron chi connectivity index (χ3n) is 2.93. The van der Waals surface area contributed by atoms with Crippen LogP contribution in [0.5, 0.6) is 0 Å². The number of aromatic amines is 1. The summed E-state index contributed by atoms with van der Waals surface area (Å²) in [5.74, 6) is 0.525. The van der Waals surface area contributed by atoms with Crippen molar-refractivity contribution in [2.75, 3.05) is 10.6 Å². The minimum Gasteiger partial charge on any atom is -0.326 e. The molecule has 21 heavy (non-hydrogen) atoms. The van der Waals surface area contributed by atoms with Gasteiger partial charge < -0.3 is 5.32 Å². The van der Waals surface area contributed by atoms with Crippen LogP contribution in [-0.2, 0) is 0 Å². The topological polar surface area (TPSA) is 102 Å². The molecule has 0 saturated carbocycles. The Balaban J connectivity index is 1.73. The molecule has 106 valence electrons. The lowest BCUT2D eigenvalue weighted by molar-refractivity contribution is 1.06. The molecule has 0 bridgehead atoms. The van der Waals surface area contributed by atoms with Crippen LogP contribution in [0.15, 0.2) is 30.5 Å². The molecule has 0 aliphatic heterocycles. The summed E-state index contributed by atoms with van der Waals surface area (Å²) in [6.45, 7) is 3.79. The van der Waals surface area contributed by atoms with E-state index in [1.165, 1.54) is 0 Å². The Hall–Kier alpha value is -2.96. The van der Waals surface area contributed by atoms with Gasteiger partial charge in [-0.05, 0) is 38.1 Å². The lowest BCUT2D eigenvalue weighted by Gasteiger charge is -2.10. The number of fused-ring (bicyclic) bond motifs is 1. The molecule has 2 aromatic heterocycles. The second-order valence-corrected chi connectivity index (χ2v) is 4.77. The summed E-state index contributed by atoms with van der Waals surface area (Å²) >= 11 is 0. The molecule has 0 radical (unpaired) electrons. The van der Waals surface area contributed by atoms with E-state index in [9.17, 15) is 0 Å². The number of nitrogens with one attached hydrogen (secondary N) is 4. The molecule has 0 spiro atoms. The highest BCUT2D eigenvalue weighted by atomic mass is 15.2. The molecule has 0 amide bonds. The first-order valence-electron chi connectivity index (χ1n) is 6.48. The number of hydrogen-bond acceptors (Lipinski definition) is 4. The predicted molar refractivity (Wildman–Crippen MR) is 82.6 cm³/mol. The van der Waals surface area contributed by atoms with Gasteiger partial charge in [-0.2, -0.15) is 5.10 Å². The van der Waals surface area contributed by atoms with E-state index in [1.54, 1.807) is 6.20 Å². The van der Waals surface area contributed by atoms with Gasteiger partial charge in [0, 0.05) is 22.5 Å². The average molecular weight is 281 g/mol. The van der Waals surface area contributed by atoms with Crippen molar-refractivity contribution in [3.63, 3.8) is 0 Å². The van der Waals surface area contributed by atoms with Crippen molar-refractivity contribution in [2.45, 2.75) is 13.8 Å². The van der Waals surface area contributed by atoms with Crippen molar-refractivity contribution in [1.82, 2.24) is 20.2 Å². The van der Waals surface area contributed by atoms with Gasteiger partial charge in [-0.3, -0.25) is 15.8 Å². The second kappa shape index (κ2) is 5.20. The van der Waals surface area contributed by atoms with Crippen molar-refractivity contribution < 1.29 is 0 Å². The van der Waals surface area contributed by atoms with E-state index in [0.717, 1.165) is 28.0 Å². The van der Waals surface area contributed by atoms with E-state index in [-0.39, 0.29) is 5.96 Å². The van der Waals surface area contributed by atoms with Gasteiger partial charge in [0.25, 0.3) is 0 Å². The quantitative estimate of drug-likeness (QED) is 0.427. The van der Waals surface area contributed by atoms with Gasteiger partial charge in [0.15, 0.2) is 5.96 Å². The standard InChI is InChI=1S/C14H15N7/c1-8-5-9(2)18-14(17-8)20-13(15)19-11-3-4-12-10(6-11)7-16-21-12/h3-7H,1-2H3,(H,16,21)(H3,15,17,18,19,20). The number of aryl methyl sites for hydroxylation is 2. The molecule has 0 unspecified atom stereocenters. The first kappa shape index (κ1) is 13.0. The van der Waals surface area contributed by atoms with Gasteiger partial charge in [0.1, 0.15) is 0 Å². The Morgan fingerprint density at radius 1 is 1.10 bits per heavy atom. The summed E-state index contributed by atoms with van der Waals surface area (Å²) in [7, 11) is 0. The molecule has 0 aliphatic rings. The monoisotopic (exact) mass is 281 g/mol. The second-order valence-electron chi connectivity index (χ2n) is 4.77. The van der Waals surface area contributed by atoms with E-state index >= 15 is 0 Å². The van der Waals surface area contributed by atoms with Crippen LogP contribution in [0.4, 0.5) is 11.6 Å². The van der Waals surface area contributed by atoms with E-state index in [4.69, 9.17) is 5.41 Å². The third kappa shape index (κ3) is 2.97. The van der Waals surface area contributed by atoms with Gasteiger partial charge in [-0.15, -0.1) is 0 Å². The van der Waals surface area contributed by atoms with Crippen LogP contribution in [0, 0.1) is 19.3 Å². The van der Waals surface area contributed by atoms with Crippen LogP contribution < -0.4 is 10.6 Å². The fraction of sp³-hybridized carbons (Fsp3) is 0.143. The van der Waals surface area contributed by atoms with Crippen molar-refractivity contribution in [1.29, 1.82) is 5.41 Å². The molecule has 0 atom stereocenters. The zero-order chi connectivity index (χ0) is 14.8. The molecule has 1 aromatic carbocycles. The van der Waals surface area contributed by atoms with Crippen molar-refractivity contribution in [2.24, 2.45) is 0 Å². The molecule has 2 heterocycles. The molecular formula is C14H15N7. The van der Waals surface area contributed by atoms with Crippen LogP contribution in [0.1, 0.15) is 11.4 Å². The Labute approximate surface area is 121 Å². The van der Waals surface area contributed by atoms with Gasteiger partial charge >= 0.3 is 0 Å². The van der Waals surface area contributed by atoms with E-state index in [2.05, 4.69) is 30.8 Å². The third-order valence-corrected chi connectivity index (χ3v) is 2.93. The minimum absolute atomic E-state index is 0.114. The van der Waals surface area contributed by atoms with E-state index < -0.39 is 0 Å². The summed E-state index contributed by atoms with van der Waals surface area (Å²) in [6.07, 6.45) is 1.74.